The number of rotatable bonds is 11. The molecule has 3 atom stereocenters. The van der Waals surface area contributed by atoms with E-state index in [1.807, 2.05) is 54.6 Å². The van der Waals surface area contributed by atoms with E-state index < -0.39 is 24.2 Å². The molecule has 254 valence electrons. The zero-order valence-corrected chi connectivity index (χ0v) is 26.7. The molecule has 5 rings (SSSR count). The number of hydrogen-bond acceptors (Lipinski definition) is 6. The quantitative estimate of drug-likeness (QED) is 0.131. The molecule has 0 spiro atoms. The normalized spacial score (nSPS) is 15.2. The highest BCUT2D eigenvalue weighted by molar-refractivity contribution is 6.30. The fourth-order valence-corrected chi connectivity index (χ4v) is 5.32. The van der Waals surface area contributed by atoms with E-state index in [4.69, 9.17) is 36.1 Å². The van der Waals surface area contributed by atoms with Crippen LogP contribution in [0.3, 0.4) is 0 Å². The van der Waals surface area contributed by atoms with Crippen molar-refractivity contribution in [2.75, 3.05) is 19.7 Å². The molecule has 4 aromatic carbocycles. The summed E-state index contributed by atoms with van der Waals surface area (Å²) in [4.78, 5) is 20.0. The predicted molar refractivity (Wildman–Crippen MR) is 175 cm³/mol. The van der Waals surface area contributed by atoms with E-state index in [9.17, 15) is 23.1 Å². The molecule has 0 saturated carbocycles. The molecule has 0 aliphatic carbocycles. The summed E-state index contributed by atoms with van der Waals surface area (Å²) in [5.41, 5.74) is 5.57. The number of carboxylic acids is 2. The molecule has 0 aromatic heterocycles. The van der Waals surface area contributed by atoms with Crippen LogP contribution >= 0.6 is 11.6 Å². The summed E-state index contributed by atoms with van der Waals surface area (Å²) in [5.74, 6) is -2.01. The summed E-state index contributed by atoms with van der Waals surface area (Å²) in [5, 5.41) is 30.8. The van der Waals surface area contributed by atoms with Crippen LogP contribution in [-0.2, 0) is 11.2 Å². The number of nitrogens with one attached hydrogen (secondary N) is 1. The largest absolute Gasteiger partial charge is 0.491 e. The second-order valence-electron chi connectivity index (χ2n) is 11.2. The molecule has 0 amide bonds. The first-order valence-electron chi connectivity index (χ1n) is 15.1. The van der Waals surface area contributed by atoms with Crippen molar-refractivity contribution in [2.24, 2.45) is 0 Å². The zero-order valence-electron chi connectivity index (χ0n) is 25.9. The van der Waals surface area contributed by atoms with Crippen LogP contribution in [0.1, 0.15) is 46.3 Å². The molecule has 1 unspecified atom stereocenters. The van der Waals surface area contributed by atoms with Crippen LogP contribution in [0.4, 0.5) is 13.2 Å². The van der Waals surface area contributed by atoms with Crippen molar-refractivity contribution in [2.45, 2.75) is 44.1 Å². The SMILES string of the molecule is CC(c1ccccc1)c1cc(Cl)ccc1OC[C@H](O)CNC[C@H]1CCc2cc(-c3ccc(C(=O)O)cc3)ccc2O1.O=C(O)C(F)(F)F. The topological polar surface area (TPSA) is 125 Å². The summed E-state index contributed by atoms with van der Waals surface area (Å²) in [7, 11) is 0. The lowest BCUT2D eigenvalue weighted by atomic mass is 9.92. The van der Waals surface area contributed by atoms with E-state index in [-0.39, 0.29) is 24.2 Å². The fourth-order valence-electron chi connectivity index (χ4n) is 5.14. The van der Waals surface area contributed by atoms with Crippen molar-refractivity contribution >= 4 is 23.5 Å². The van der Waals surface area contributed by atoms with Crippen LogP contribution < -0.4 is 14.8 Å². The smallest absolute Gasteiger partial charge is 0.490 e. The maximum atomic E-state index is 11.1. The number of aliphatic carboxylic acids is 1. The number of hydrogen-bond donors (Lipinski definition) is 4. The third-order valence-corrected chi connectivity index (χ3v) is 7.95. The third-order valence-electron chi connectivity index (χ3n) is 7.72. The van der Waals surface area contributed by atoms with Crippen molar-refractivity contribution in [3.63, 3.8) is 0 Å². The van der Waals surface area contributed by atoms with Crippen molar-refractivity contribution in [1.82, 2.24) is 5.32 Å². The van der Waals surface area contributed by atoms with Gasteiger partial charge in [-0.1, -0.05) is 67.1 Å². The lowest BCUT2D eigenvalue weighted by molar-refractivity contribution is -0.192. The molecule has 8 nitrogen and oxygen atoms in total. The van der Waals surface area contributed by atoms with Gasteiger partial charge >= 0.3 is 18.1 Å². The van der Waals surface area contributed by atoms with E-state index in [2.05, 4.69) is 30.4 Å². The highest BCUT2D eigenvalue weighted by atomic mass is 35.5. The molecule has 12 heteroatoms. The minimum Gasteiger partial charge on any atom is -0.491 e. The number of ether oxygens (including phenoxy) is 2. The van der Waals surface area contributed by atoms with Gasteiger partial charge in [0.15, 0.2) is 0 Å². The Kier molecular flexibility index (Phi) is 12.5. The van der Waals surface area contributed by atoms with E-state index in [0.717, 1.165) is 40.8 Å². The van der Waals surface area contributed by atoms with Gasteiger partial charge in [0.1, 0.15) is 30.3 Å². The number of aromatic carboxylic acids is 1. The molecule has 1 aliphatic rings. The summed E-state index contributed by atoms with van der Waals surface area (Å²) in [6.07, 6.45) is -4.02. The highest BCUT2D eigenvalue weighted by Gasteiger charge is 2.38. The summed E-state index contributed by atoms with van der Waals surface area (Å²) in [6.45, 7) is 3.28. The first kappa shape index (κ1) is 36.3. The van der Waals surface area contributed by atoms with Gasteiger partial charge in [-0.05, 0) is 77.6 Å². The molecule has 1 aliphatic heterocycles. The fraction of sp³-hybridized carbons (Fsp3) is 0.278. The summed E-state index contributed by atoms with van der Waals surface area (Å²) < 4.78 is 44.0. The van der Waals surface area contributed by atoms with Gasteiger partial charge in [-0.15, -0.1) is 0 Å². The molecular formula is C36H35ClF3NO7. The van der Waals surface area contributed by atoms with Crippen LogP contribution in [-0.4, -0.2) is 65.3 Å². The zero-order chi connectivity index (χ0) is 34.8. The maximum absolute atomic E-state index is 11.1. The van der Waals surface area contributed by atoms with Gasteiger partial charge in [0, 0.05) is 29.6 Å². The lowest BCUT2D eigenvalue weighted by Crippen LogP contribution is -2.39. The molecule has 4 aromatic rings. The monoisotopic (exact) mass is 685 g/mol. The van der Waals surface area contributed by atoms with E-state index in [0.29, 0.717) is 23.9 Å². The van der Waals surface area contributed by atoms with Crippen molar-refractivity contribution in [1.29, 1.82) is 0 Å². The summed E-state index contributed by atoms with van der Waals surface area (Å²) >= 11 is 6.29. The van der Waals surface area contributed by atoms with Crippen molar-refractivity contribution < 1.29 is 47.6 Å². The Morgan fingerprint density at radius 3 is 2.29 bits per heavy atom. The van der Waals surface area contributed by atoms with Gasteiger partial charge < -0.3 is 30.1 Å². The van der Waals surface area contributed by atoms with Crippen LogP contribution in [0, 0.1) is 0 Å². The number of benzene rings is 4. The molecule has 0 saturated heterocycles. The van der Waals surface area contributed by atoms with Crippen molar-refractivity contribution in [3.05, 3.63) is 118 Å². The molecule has 1 heterocycles. The number of carbonyl (C=O) groups is 2. The van der Waals surface area contributed by atoms with Gasteiger partial charge in [-0.2, -0.15) is 13.2 Å². The molecular weight excluding hydrogens is 651 g/mol. The average molecular weight is 686 g/mol. The van der Waals surface area contributed by atoms with Gasteiger partial charge in [-0.25, -0.2) is 9.59 Å². The van der Waals surface area contributed by atoms with Crippen LogP contribution in [0.5, 0.6) is 11.5 Å². The second kappa shape index (κ2) is 16.5. The Morgan fingerprint density at radius 1 is 0.979 bits per heavy atom. The van der Waals surface area contributed by atoms with Crippen LogP contribution in [0.15, 0.2) is 91.0 Å². The molecule has 0 bridgehead atoms. The Hall–Kier alpha value is -4.58. The number of aliphatic hydroxyl groups is 1. The first-order valence-corrected chi connectivity index (χ1v) is 15.5. The summed E-state index contributed by atoms with van der Waals surface area (Å²) in [6, 6.07) is 28.8. The number of halogens is 4. The van der Waals surface area contributed by atoms with Gasteiger partial charge in [0.05, 0.1) is 5.56 Å². The van der Waals surface area contributed by atoms with Gasteiger partial charge in [-0.3, -0.25) is 0 Å². The Balaban J connectivity index is 0.000000671. The van der Waals surface area contributed by atoms with E-state index in [1.54, 1.807) is 18.2 Å². The van der Waals surface area contributed by atoms with E-state index >= 15 is 0 Å². The minimum absolute atomic E-state index is 0.00547. The highest BCUT2D eigenvalue weighted by Crippen LogP contribution is 2.34. The number of aliphatic hydroxyl groups excluding tert-OH is 1. The standard InChI is InChI=1S/C34H34ClNO5.C2HF3O2/c1-22(23-5-3-2-4-6-23)31-18-28(35)13-16-33(31)40-21-29(37)19-36-20-30-14-11-27-17-26(12-15-32(27)41-30)24-7-9-25(10-8-24)34(38)39;3-2(4,5)1(6)7/h2-10,12-13,15-18,22,29-30,36-37H,11,14,19-21H2,1H3,(H,38,39);(H,6,7)/t22?,29-,30-;/m1./s1. The molecule has 0 fully saturated rings. The Bertz CT molecular complexity index is 1680. The third kappa shape index (κ3) is 10.2. The number of carboxylic acid groups (broad SMARTS) is 2. The Labute approximate surface area is 280 Å². The van der Waals surface area contributed by atoms with Crippen LogP contribution in [0.2, 0.25) is 5.02 Å². The maximum Gasteiger partial charge on any atom is 0.490 e. The van der Waals surface area contributed by atoms with E-state index in [1.165, 1.54) is 5.56 Å². The van der Waals surface area contributed by atoms with Gasteiger partial charge in [0.25, 0.3) is 0 Å². The number of aryl methyl sites for hydroxylation is 1. The predicted octanol–water partition coefficient (Wildman–Crippen LogP) is 7.21. The number of fused-ring (bicyclic) bond motifs is 1. The Morgan fingerprint density at radius 2 is 1.65 bits per heavy atom. The molecule has 0 radical (unpaired) electrons. The molecule has 48 heavy (non-hydrogen) atoms. The molecule has 4 N–H and O–H groups in total. The van der Waals surface area contributed by atoms with Crippen LogP contribution in [0.25, 0.3) is 11.1 Å². The minimum atomic E-state index is -5.08. The first-order chi connectivity index (χ1) is 22.8. The van der Waals surface area contributed by atoms with Crippen molar-refractivity contribution in [3.8, 4) is 22.6 Å². The second-order valence-corrected chi connectivity index (χ2v) is 11.7. The lowest BCUT2D eigenvalue weighted by Gasteiger charge is -2.27. The number of alkyl halides is 3. The average Bonchev–Trinajstić information content (AvgIpc) is 3.07. The van der Waals surface area contributed by atoms with Gasteiger partial charge in [0.2, 0.25) is 0 Å².